The molecule has 4 rings (SSSR count). The number of nitrogens with zero attached hydrogens (tertiary/aromatic N) is 3. The van der Waals surface area contributed by atoms with Crippen molar-refractivity contribution in [3.05, 3.63) is 46.3 Å². The van der Waals surface area contributed by atoms with Crippen LogP contribution in [-0.2, 0) is 16.8 Å². The first-order valence-corrected chi connectivity index (χ1v) is 13.3. The SMILES string of the molecule is CCOc1cc2c(nc1C(=O)NC)C(=N)N(CC(=O)c1cc3c(c(C(C)(C)C)c1)OCCN3C(C)(C)C(=O)O)C2. The van der Waals surface area contributed by atoms with Crippen molar-refractivity contribution < 1.29 is 29.0 Å². The number of pyridine rings is 1. The van der Waals surface area contributed by atoms with Crippen LogP contribution in [0.15, 0.2) is 18.2 Å². The topological polar surface area (TPSA) is 145 Å². The third-order valence-electron chi connectivity index (χ3n) is 7.29. The number of carbonyl (C=O) groups is 3. The number of rotatable bonds is 8. The van der Waals surface area contributed by atoms with Crippen LogP contribution in [0.5, 0.6) is 11.5 Å². The van der Waals surface area contributed by atoms with E-state index < -0.39 is 17.4 Å². The summed E-state index contributed by atoms with van der Waals surface area (Å²) in [5.41, 5.74) is 1.27. The Hall–Kier alpha value is -4.15. The average molecular weight is 552 g/mol. The number of amidine groups is 1. The number of fused-ring (bicyclic) bond motifs is 2. The van der Waals surface area contributed by atoms with Gasteiger partial charge in [-0.3, -0.25) is 15.0 Å². The third-order valence-corrected chi connectivity index (χ3v) is 7.29. The molecule has 1 aromatic heterocycles. The third kappa shape index (κ3) is 5.07. The van der Waals surface area contributed by atoms with Gasteiger partial charge in [-0.2, -0.15) is 0 Å². The number of anilines is 1. The van der Waals surface area contributed by atoms with Crippen LogP contribution < -0.4 is 19.7 Å². The van der Waals surface area contributed by atoms with Crippen LogP contribution in [0, 0.1) is 5.41 Å². The maximum absolute atomic E-state index is 13.7. The van der Waals surface area contributed by atoms with Gasteiger partial charge in [0.15, 0.2) is 17.2 Å². The maximum atomic E-state index is 13.7. The van der Waals surface area contributed by atoms with Crippen molar-refractivity contribution in [2.45, 2.75) is 59.0 Å². The molecule has 1 amide bonds. The van der Waals surface area contributed by atoms with Crippen molar-refractivity contribution in [2.75, 3.05) is 38.3 Å². The second-order valence-electron chi connectivity index (χ2n) is 11.5. The Bertz CT molecular complexity index is 1390. The molecular weight excluding hydrogens is 514 g/mol. The molecule has 0 saturated carbocycles. The molecular formula is C29H37N5O6. The van der Waals surface area contributed by atoms with Crippen LogP contribution in [0.1, 0.15) is 79.2 Å². The number of aromatic nitrogens is 1. The van der Waals surface area contributed by atoms with Gasteiger partial charge in [0.25, 0.3) is 5.91 Å². The zero-order chi connectivity index (χ0) is 29.6. The molecule has 3 heterocycles. The summed E-state index contributed by atoms with van der Waals surface area (Å²) < 4.78 is 11.7. The minimum Gasteiger partial charge on any atom is -0.491 e. The number of amides is 1. The van der Waals surface area contributed by atoms with Crippen LogP contribution >= 0.6 is 0 Å². The molecule has 0 fully saturated rings. The Morgan fingerprint density at radius 2 is 1.88 bits per heavy atom. The molecule has 0 aliphatic carbocycles. The quantitative estimate of drug-likeness (QED) is 0.421. The van der Waals surface area contributed by atoms with Crippen molar-refractivity contribution in [1.29, 1.82) is 5.41 Å². The zero-order valence-corrected chi connectivity index (χ0v) is 24.1. The lowest BCUT2D eigenvalue weighted by molar-refractivity contribution is -0.142. The van der Waals surface area contributed by atoms with E-state index in [1.165, 1.54) is 7.05 Å². The average Bonchev–Trinajstić information content (AvgIpc) is 3.19. The summed E-state index contributed by atoms with van der Waals surface area (Å²) >= 11 is 0. The number of carboxylic acid groups (broad SMARTS) is 1. The number of carbonyl (C=O) groups excluding carboxylic acids is 2. The smallest absolute Gasteiger partial charge is 0.328 e. The Balaban J connectivity index is 1.70. The highest BCUT2D eigenvalue weighted by atomic mass is 16.5. The van der Waals surface area contributed by atoms with E-state index in [0.717, 1.165) is 5.56 Å². The highest BCUT2D eigenvalue weighted by molar-refractivity contribution is 6.06. The molecule has 214 valence electrons. The predicted octanol–water partition coefficient (Wildman–Crippen LogP) is 3.22. The van der Waals surface area contributed by atoms with Crippen LogP contribution in [-0.4, -0.2) is 77.4 Å². The Morgan fingerprint density at radius 3 is 2.48 bits per heavy atom. The van der Waals surface area contributed by atoms with E-state index in [-0.39, 0.29) is 35.8 Å². The van der Waals surface area contributed by atoms with Crippen molar-refractivity contribution >= 4 is 29.2 Å². The molecule has 40 heavy (non-hydrogen) atoms. The van der Waals surface area contributed by atoms with Crippen molar-refractivity contribution in [3.63, 3.8) is 0 Å². The molecule has 2 aromatic rings. The minimum atomic E-state index is -1.22. The number of carboxylic acids is 1. The molecule has 11 nitrogen and oxygen atoms in total. The van der Waals surface area contributed by atoms with Gasteiger partial charge in [-0.15, -0.1) is 0 Å². The molecule has 0 atom stereocenters. The van der Waals surface area contributed by atoms with Gasteiger partial charge in [0.1, 0.15) is 29.4 Å². The van der Waals surface area contributed by atoms with Crippen molar-refractivity contribution in [2.24, 2.45) is 0 Å². The van der Waals surface area contributed by atoms with Crippen LogP contribution in [0.4, 0.5) is 5.69 Å². The van der Waals surface area contributed by atoms with E-state index in [4.69, 9.17) is 14.9 Å². The number of hydrogen-bond acceptors (Lipinski definition) is 8. The van der Waals surface area contributed by atoms with Gasteiger partial charge in [0, 0.05) is 30.3 Å². The number of ketones is 1. The molecule has 2 aliphatic heterocycles. The number of Topliss-reactive ketones (excluding diaryl/α,β-unsaturated/α-hetero) is 1. The standard InChI is InChI=1S/C29H37N5O6/c1-8-39-21-13-17-14-33(25(30)22(17)32-23(21)26(36)31-7)15-20(35)16-11-18(28(2,3)4)24-19(12-16)34(9-10-40-24)29(5,6)27(37)38/h11-13,30H,8-10,14-15H2,1-7H3,(H,31,36)(H,37,38). The second-order valence-corrected chi connectivity index (χ2v) is 11.5. The molecule has 11 heteroatoms. The van der Waals surface area contributed by atoms with Crippen molar-refractivity contribution in [1.82, 2.24) is 15.2 Å². The van der Waals surface area contributed by atoms with Gasteiger partial charge in [0.2, 0.25) is 0 Å². The van der Waals surface area contributed by atoms with E-state index in [1.54, 1.807) is 41.8 Å². The van der Waals surface area contributed by atoms with Crippen LogP contribution in [0.25, 0.3) is 0 Å². The normalized spacial score (nSPS) is 14.8. The summed E-state index contributed by atoms with van der Waals surface area (Å²) in [5, 5.41) is 21.2. The fourth-order valence-corrected chi connectivity index (χ4v) is 4.98. The Labute approximate surface area is 234 Å². The Morgan fingerprint density at radius 1 is 1.18 bits per heavy atom. The zero-order valence-electron chi connectivity index (χ0n) is 24.1. The fourth-order valence-electron chi connectivity index (χ4n) is 4.98. The van der Waals surface area contributed by atoms with Gasteiger partial charge < -0.3 is 29.7 Å². The molecule has 0 radical (unpaired) electrons. The Kier molecular flexibility index (Phi) is 7.53. The molecule has 0 bridgehead atoms. The first-order valence-electron chi connectivity index (χ1n) is 13.3. The summed E-state index contributed by atoms with van der Waals surface area (Å²) in [7, 11) is 1.50. The lowest BCUT2D eigenvalue weighted by atomic mass is 9.83. The number of benzene rings is 1. The largest absolute Gasteiger partial charge is 0.491 e. The summed E-state index contributed by atoms with van der Waals surface area (Å²) in [4.78, 5) is 46.0. The molecule has 3 N–H and O–H groups in total. The number of hydrogen-bond donors (Lipinski definition) is 3. The number of ether oxygens (including phenoxy) is 2. The summed E-state index contributed by atoms with van der Waals surface area (Å²) in [6.07, 6.45) is 0. The molecule has 0 unspecified atom stereocenters. The number of aliphatic carboxylic acids is 1. The van der Waals surface area contributed by atoms with E-state index in [2.05, 4.69) is 10.3 Å². The predicted molar refractivity (Wildman–Crippen MR) is 150 cm³/mol. The van der Waals surface area contributed by atoms with Crippen LogP contribution in [0.3, 0.4) is 0 Å². The van der Waals surface area contributed by atoms with Gasteiger partial charge >= 0.3 is 5.97 Å². The van der Waals surface area contributed by atoms with Gasteiger partial charge in [-0.05, 0) is 44.4 Å². The van der Waals surface area contributed by atoms with Gasteiger partial charge in [-0.1, -0.05) is 20.8 Å². The van der Waals surface area contributed by atoms with Gasteiger partial charge in [-0.25, -0.2) is 9.78 Å². The minimum absolute atomic E-state index is 0.0440. The summed E-state index contributed by atoms with van der Waals surface area (Å²) in [6, 6.07) is 5.20. The molecule has 2 aliphatic rings. The second kappa shape index (κ2) is 10.4. The van der Waals surface area contributed by atoms with Crippen molar-refractivity contribution in [3.8, 4) is 11.5 Å². The van der Waals surface area contributed by atoms with Crippen LogP contribution in [0.2, 0.25) is 0 Å². The highest BCUT2D eigenvalue weighted by Crippen LogP contribution is 2.44. The lowest BCUT2D eigenvalue weighted by Gasteiger charge is -2.42. The van der Waals surface area contributed by atoms with E-state index >= 15 is 0 Å². The molecule has 0 saturated heterocycles. The first-order chi connectivity index (χ1) is 18.7. The summed E-state index contributed by atoms with van der Waals surface area (Å²) in [5.74, 6) is -0.683. The first kappa shape index (κ1) is 28.8. The molecule has 0 spiro atoms. The fraction of sp³-hybridized carbons (Fsp3) is 0.483. The maximum Gasteiger partial charge on any atom is 0.328 e. The van der Waals surface area contributed by atoms with Gasteiger partial charge in [0.05, 0.1) is 25.4 Å². The lowest BCUT2D eigenvalue weighted by Crippen LogP contribution is -2.53. The monoisotopic (exact) mass is 551 g/mol. The van der Waals surface area contributed by atoms with E-state index in [1.807, 2.05) is 27.7 Å². The van der Waals surface area contributed by atoms with E-state index in [0.29, 0.717) is 53.8 Å². The number of nitrogens with one attached hydrogen (secondary N) is 2. The molecule has 1 aromatic carbocycles. The summed E-state index contributed by atoms with van der Waals surface area (Å²) in [6.45, 7) is 12.3. The highest BCUT2D eigenvalue weighted by Gasteiger charge is 2.40. The van der Waals surface area contributed by atoms with E-state index in [9.17, 15) is 19.5 Å².